The Kier molecular flexibility index (Phi) is 4.32. The highest BCUT2D eigenvalue weighted by atomic mass is 19.1. The number of aromatic amines is 2. The second kappa shape index (κ2) is 7.05. The normalized spacial score (nSPS) is 11.6. The van der Waals surface area contributed by atoms with Crippen molar-refractivity contribution in [3.63, 3.8) is 0 Å². The number of H-pyrrole nitrogens is 2. The average Bonchev–Trinajstić information content (AvgIpc) is 3.28. The summed E-state index contributed by atoms with van der Waals surface area (Å²) >= 11 is 0. The van der Waals surface area contributed by atoms with Crippen LogP contribution in [-0.4, -0.2) is 34.0 Å². The van der Waals surface area contributed by atoms with Gasteiger partial charge in [0.15, 0.2) is 5.75 Å². The highest BCUT2D eigenvalue weighted by Gasteiger charge is 2.18. The quantitative estimate of drug-likeness (QED) is 0.124. The molecule has 5 aromatic rings. The van der Waals surface area contributed by atoms with Crippen molar-refractivity contribution in [3.8, 4) is 5.75 Å². The molecule has 0 amide bonds. The molecule has 0 unspecified atom stereocenters. The molecular weight excluding hydrogens is 402 g/mol. The summed E-state index contributed by atoms with van der Waals surface area (Å²) in [6.45, 7) is 1.90. The number of hydrogen-bond donors (Lipinski definition) is 4. The number of benzene rings is 3. The fraction of sp³-hybridized carbons (Fsp3) is 0.136. The van der Waals surface area contributed by atoms with Crippen molar-refractivity contribution >= 4 is 49.4 Å². The van der Waals surface area contributed by atoms with Crippen LogP contribution in [0.5, 0.6) is 5.75 Å². The van der Waals surface area contributed by atoms with Crippen LogP contribution in [0.3, 0.4) is 0 Å². The molecule has 0 aliphatic carbocycles. The SMILES string of the molecule is CC(=N)N(CCOc1c2[nH]c3ccc(F)cc3c2cc2c1[nH]c1ccc(F)cc12)N=N. The fourth-order valence-corrected chi connectivity index (χ4v) is 3.97. The lowest BCUT2D eigenvalue weighted by Gasteiger charge is -2.16. The molecule has 0 atom stereocenters. The third kappa shape index (κ3) is 3.05. The number of aromatic nitrogens is 2. The summed E-state index contributed by atoms with van der Waals surface area (Å²) in [5.41, 5.74) is 10.1. The molecule has 0 fully saturated rings. The number of amidine groups is 1. The highest BCUT2D eigenvalue weighted by Crippen LogP contribution is 2.41. The number of nitrogens with one attached hydrogen (secondary N) is 4. The van der Waals surface area contributed by atoms with E-state index in [1.54, 1.807) is 12.1 Å². The first-order chi connectivity index (χ1) is 15.0. The van der Waals surface area contributed by atoms with Crippen molar-refractivity contribution in [2.75, 3.05) is 13.2 Å². The number of hydrogen-bond acceptors (Lipinski definition) is 4. The smallest absolute Gasteiger partial charge is 0.167 e. The van der Waals surface area contributed by atoms with Gasteiger partial charge in [-0.2, -0.15) is 5.53 Å². The van der Waals surface area contributed by atoms with Crippen molar-refractivity contribution < 1.29 is 13.5 Å². The van der Waals surface area contributed by atoms with E-state index in [2.05, 4.69) is 15.2 Å². The van der Waals surface area contributed by atoms with Crippen LogP contribution in [0.1, 0.15) is 6.92 Å². The first-order valence-electron chi connectivity index (χ1n) is 9.64. The van der Waals surface area contributed by atoms with Crippen molar-refractivity contribution in [1.29, 1.82) is 10.9 Å². The maximum atomic E-state index is 14.0. The molecule has 31 heavy (non-hydrogen) atoms. The largest absolute Gasteiger partial charge is 0.487 e. The summed E-state index contributed by atoms with van der Waals surface area (Å²) in [5, 5.41) is 15.1. The summed E-state index contributed by atoms with van der Waals surface area (Å²) in [7, 11) is 0. The van der Waals surface area contributed by atoms with Gasteiger partial charge in [-0.3, -0.25) is 5.41 Å². The molecule has 0 bridgehead atoms. The number of nitrogens with zero attached hydrogens (tertiary/aromatic N) is 2. The third-order valence-electron chi connectivity index (χ3n) is 5.40. The maximum absolute atomic E-state index is 14.0. The van der Waals surface area contributed by atoms with E-state index in [9.17, 15) is 8.78 Å². The molecule has 7 nitrogen and oxygen atoms in total. The van der Waals surface area contributed by atoms with E-state index in [0.29, 0.717) is 27.6 Å². The van der Waals surface area contributed by atoms with Crippen LogP contribution in [0.4, 0.5) is 8.78 Å². The molecule has 0 spiro atoms. The lowest BCUT2D eigenvalue weighted by Crippen LogP contribution is -2.26. The van der Waals surface area contributed by atoms with Gasteiger partial charge >= 0.3 is 0 Å². The number of fused-ring (bicyclic) bond motifs is 6. The molecule has 9 heteroatoms. The monoisotopic (exact) mass is 420 g/mol. The zero-order valence-electron chi connectivity index (χ0n) is 16.5. The minimum atomic E-state index is -0.352. The van der Waals surface area contributed by atoms with Crippen molar-refractivity contribution in [3.05, 3.63) is 54.1 Å². The topological polar surface area (TPSA) is 104 Å². The molecule has 2 aromatic heterocycles. The minimum Gasteiger partial charge on any atom is -0.487 e. The zero-order valence-corrected chi connectivity index (χ0v) is 16.5. The van der Waals surface area contributed by atoms with Crippen LogP contribution in [-0.2, 0) is 0 Å². The predicted octanol–water partition coefficient (Wildman–Crippen LogP) is 5.86. The van der Waals surface area contributed by atoms with Gasteiger partial charge in [0.1, 0.15) is 24.1 Å². The number of halogens is 2. The zero-order chi connectivity index (χ0) is 21.7. The molecule has 0 aliphatic rings. The van der Waals surface area contributed by atoms with Crippen LogP contribution in [0.15, 0.2) is 47.7 Å². The molecule has 4 N–H and O–H groups in total. The molecule has 0 aliphatic heterocycles. The second-order valence-electron chi connectivity index (χ2n) is 7.34. The van der Waals surface area contributed by atoms with Crippen LogP contribution in [0.2, 0.25) is 0 Å². The van der Waals surface area contributed by atoms with Crippen molar-refractivity contribution in [1.82, 2.24) is 15.0 Å². The Morgan fingerprint density at radius 1 is 0.935 bits per heavy atom. The van der Waals surface area contributed by atoms with Gasteiger partial charge in [-0.1, -0.05) is 5.22 Å². The van der Waals surface area contributed by atoms with Gasteiger partial charge in [-0.05, 0) is 49.4 Å². The summed E-state index contributed by atoms with van der Waals surface area (Å²) in [6, 6.07) is 10.9. The lowest BCUT2D eigenvalue weighted by molar-refractivity contribution is 0.266. The van der Waals surface area contributed by atoms with Gasteiger partial charge in [-0.15, -0.1) is 0 Å². The Morgan fingerprint density at radius 3 is 1.97 bits per heavy atom. The Balaban J connectivity index is 1.74. The van der Waals surface area contributed by atoms with E-state index in [-0.39, 0.29) is 30.6 Å². The number of ether oxygens (including phenoxy) is 1. The van der Waals surface area contributed by atoms with Gasteiger partial charge in [0, 0.05) is 32.6 Å². The van der Waals surface area contributed by atoms with Crippen LogP contribution in [0.25, 0.3) is 43.6 Å². The first kappa shape index (κ1) is 19.0. The van der Waals surface area contributed by atoms with Gasteiger partial charge in [-0.25, -0.2) is 13.8 Å². The van der Waals surface area contributed by atoms with Crippen LogP contribution in [0, 0.1) is 22.6 Å². The van der Waals surface area contributed by atoms with Gasteiger partial charge < -0.3 is 14.7 Å². The van der Waals surface area contributed by atoms with E-state index in [0.717, 1.165) is 21.8 Å². The molecule has 0 radical (unpaired) electrons. The maximum Gasteiger partial charge on any atom is 0.167 e. The Labute approximate surface area is 174 Å². The summed E-state index contributed by atoms with van der Waals surface area (Å²) < 4.78 is 34.0. The first-order valence-corrected chi connectivity index (χ1v) is 9.64. The molecule has 0 saturated carbocycles. The molecule has 2 heterocycles. The van der Waals surface area contributed by atoms with E-state index in [1.165, 1.54) is 36.2 Å². The Morgan fingerprint density at radius 2 is 1.48 bits per heavy atom. The average molecular weight is 420 g/mol. The molecule has 0 saturated heterocycles. The summed E-state index contributed by atoms with van der Waals surface area (Å²) in [6.07, 6.45) is 0. The van der Waals surface area contributed by atoms with Gasteiger partial charge in [0.2, 0.25) is 0 Å². The molecule has 5 rings (SSSR count). The van der Waals surface area contributed by atoms with Gasteiger partial charge in [0.05, 0.1) is 17.6 Å². The summed E-state index contributed by atoms with van der Waals surface area (Å²) in [5.74, 6) is -0.0670. The standard InChI is InChI=1S/C22H18F2N6O/c1-11(25)30(29-26)6-7-31-22-20-16(14-8-12(23)2-4-18(14)27-20)10-17-15-9-13(24)3-5-19(15)28-21(17)22/h2-5,8-10,25-28H,6-7H2,1H3. The minimum absolute atomic E-state index is 0.129. The fourth-order valence-electron chi connectivity index (χ4n) is 3.97. The second-order valence-corrected chi connectivity index (χ2v) is 7.34. The molecule has 156 valence electrons. The van der Waals surface area contributed by atoms with Crippen molar-refractivity contribution in [2.45, 2.75) is 6.92 Å². The van der Waals surface area contributed by atoms with E-state index in [4.69, 9.17) is 15.7 Å². The van der Waals surface area contributed by atoms with E-state index in [1.807, 2.05) is 6.07 Å². The predicted molar refractivity (Wildman–Crippen MR) is 116 cm³/mol. The molecular formula is C22H18F2N6O. The van der Waals surface area contributed by atoms with Crippen LogP contribution < -0.4 is 4.74 Å². The summed E-state index contributed by atoms with van der Waals surface area (Å²) in [4.78, 5) is 6.59. The Bertz CT molecular complexity index is 1410. The van der Waals surface area contributed by atoms with Crippen LogP contribution >= 0.6 is 0 Å². The molecule has 3 aromatic carbocycles. The highest BCUT2D eigenvalue weighted by molar-refractivity contribution is 6.20. The van der Waals surface area contributed by atoms with Crippen molar-refractivity contribution in [2.24, 2.45) is 5.22 Å². The van der Waals surface area contributed by atoms with E-state index < -0.39 is 0 Å². The lowest BCUT2D eigenvalue weighted by atomic mass is 10.1. The van der Waals surface area contributed by atoms with E-state index >= 15 is 0 Å². The third-order valence-corrected chi connectivity index (χ3v) is 5.40. The van der Waals surface area contributed by atoms with Gasteiger partial charge in [0.25, 0.3) is 0 Å². The number of rotatable bonds is 5. The Hall–Kier alpha value is -4.01.